The first-order valence-corrected chi connectivity index (χ1v) is 8.50. The number of aromatic nitrogens is 4. The van der Waals surface area contributed by atoms with Crippen LogP contribution >= 0.6 is 0 Å². The number of tetrazole rings is 1. The van der Waals surface area contributed by atoms with Crippen molar-refractivity contribution in [2.75, 3.05) is 7.11 Å². The zero-order valence-electron chi connectivity index (χ0n) is 16.0. The number of aryl methyl sites for hydroxylation is 2. The van der Waals surface area contributed by atoms with Crippen LogP contribution in [-0.2, 0) is 18.5 Å². The van der Waals surface area contributed by atoms with Crippen molar-refractivity contribution in [3.63, 3.8) is 0 Å². The molecule has 0 atom stereocenters. The summed E-state index contributed by atoms with van der Waals surface area (Å²) in [6, 6.07) is 10.00. The molecule has 0 fully saturated rings. The zero-order valence-corrected chi connectivity index (χ0v) is 16.0. The van der Waals surface area contributed by atoms with Crippen LogP contribution in [0.15, 0.2) is 46.3 Å². The Bertz CT molecular complexity index is 1090. The second-order valence-electron chi connectivity index (χ2n) is 6.16. The van der Waals surface area contributed by atoms with Crippen molar-refractivity contribution in [1.82, 2.24) is 19.8 Å². The number of ether oxygens (including phenoxy) is 1. The Labute approximate surface area is 160 Å². The van der Waals surface area contributed by atoms with Crippen LogP contribution in [0.2, 0.25) is 0 Å². The number of benzene rings is 2. The van der Waals surface area contributed by atoms with Gasteiger partial charge in [0.15, 0.2) is 11.6 Å². The molecule has 0 aliphatic heterocycles. The normalized spacial score (nSPS) is 11.5. The molecule has 1 aromatic heterocycles. The van der Waals surface area contributed by atoms with Crippen molar-refractivity contribution in [2.45, 2.75) is 20.5 Å². The van der Waals surface area contributed by atoms with Gasteiger partial charge in [0.05, 0.1) is 11.4 Å². The molecule has 0 radical (unpaired) electrons. The molecule has 9 heteroatoms. The van der Waals surface area contributed by atoms with E-state index in [9.17, 15) is 9.18 Å². The number of oxime groups is 1. The summed E-state index contributed by atoms with van der Waals surface area (Å²) in [5.74, 6) is -0.426. The minimum atomic E-state index is -0.519. The molecule has 3 aromatic rings. The highest BCUT2D eigenvalue weighted by atomic mass is 19.1. The van der Waals surface area contributed by atoms with E-state index in [0.29, 0.717) is 22.5 Å². The van der Waals surface area contributed by atoms with E-state index in [0.717, 1.165) is 10.2 Å². The average Bonchev–Trinajstić information content (AvgIpc) is 3.00. The first-order chi connectivity index (χ1) is 13.4. The van der Waals surface area contributed by atoms with Gasteiger partial charge in [0.25, 0.3) is 0 Å². The average molecular weight is 385 g/mol. The topological polar surface area (TPSA) is 83.5 Å². The highest BCUT2D eigenvalue weighted by molar-refractivity contribution is 5.98. The van der Waals surface area contributed by atoms with Gasteiger partial charge in [0.2, 0.25) is 0 Å². The summed E-state index contributed by atoms with van der Waals surface area (Å²) in [5, 5.41) is 11.4. The van der Waals surface area contributed by atoms with E-state index in [1.165, 1.54) is 31.0 Å². The maximum atomic E-state index is 14.4. The lowest BCUT2D eigenvalue weighted by Gasteiger charge is -2.13. The molecule has 28 heavy (non-hydrogen) atoms. The van der Waals surface area contributed by atoms with Crippen LogP contribution in [0.1, 0.15) is 23.6 Å². The fourth-order valence-electron chi connectivity index (χ4n) is 2.72. The number of rotatable bonds is 6. The molecular formula is C19H20FN5O3. The summed E-state index contributed by atoms with van der Waals surface area (Å²) in [6.45, 7) is 3.66. The van der Waals surface area contributed by atoms with E-state index in [2.05, 4.69) is 15.6 Å². The van der Waals surface area contributed by atoms with E-state index < -0.39 is 5.82 Å². The summed E-state index contributed by atoms with van der Waals surface area (Å²) in [5.41, 5.74) is 2.90. The molecule has 2 aromatic carbocycles. The van der Waals surface area contributed by atoms with Gasteiger partial charge in [0.1, 0.15) is 13.7 Å². The van der Waals surface area contributed by atoms with Gasteiger partial charge in [-0.15, -0.1) is 0 Å². The van der Waals surface area contributed by atoms with E-state index >= 15 is 0 Å². The van der Waals surface area contributed by atoms with E-state index in [4.69, 9.17) is 9.57 Å². The van der Waals surface area contributed by atoms with Crippen molar-refractivity contribution in [3.8, 4) is 11.4 Å². The minimum absolute atomic E-state index is 0.0619. The summed E-state index contributed by atoms with van der Waals surface area (Å²) >= 11 is 0. The Kier molecular flexibility index (Phi) is 5.53. The third kappa shape index (κ3) is 3.78. The highest BCUT2D eigenvalue weighted by Crippen LogP contribution is 2.23. The quantitative estimate of drug-likeness (QED) is 0.480. The van der Waals surface area contributed by atoms with Gasteiger partial charge in [-0.3, -0.25) is 0 Å². The van der Waals surface area contributed by atoms with Gasteiger partial charge < -0.3 is 9.57 Å². The summed E-state index contributed by atoms with van der Waals surface area (Å²) in [6.07, 6.45) is 0. The van der Waals surface area contributed by atoms with Gasteiger partial charge in [0, 0.05) is 18.2 Å². The Balaban J connectivity index is 1.89. The van der Waals surface area contributed by atoms with Crippen molar-refractivity contribution >= 4 is 5.71 Å². The molecule has 0 unspecified atom stereocenters. The molecule has 1 heterocycles. The Morgan fingerprint density at radius 1 is 1.25 bits per heavy atom. The molecule has 0 saturated heterocycles. The van der Waals surface area contributed by atoms with Gasteiger partial charge >= 0.3 is 5.69 Å². The first kappa shape index (κ1) is 19.3. The summed E-state index contributed by atoms with van der Waals surface area (Å²) < 4.78 is 22.5. The Morgan fingerprint density at radius 3 is 2.68 bits per heavy atom. The number of halogens is 1. The van der Waals surface area contributed by atoms with Crippen LogP contribution in [0.4, 0.5) is 4.39 Å². The van der Waals surface area contributed by atoms with Crippen molar-refractivity contribution in [1.29, 1.82) is 0 Å². The summed E-state index contributed by atoms with van der Waals surface area (Å²) in [7, 11) is 2.95. The van der Waals surface area contributed by atoms with Gasteiger partial charge in [-0.1, -0.05) is 17.3 Å². The van der Waals surface area contributed by atoms with Crippen LogP contribution in [0.3, 0.4) is 0 Å². The molecule has 0 N–H and O–H groups in total. The second-order valence-corrected chi connectivity index (χ2v) is 6.16. The highest BCUT2D eigenvalue weighted by Gasteiger charge is 2.15. The third-order valence-electron chi connectivity index (χ3n) is 4.29. The number of nitrogens with zero attached hydrogens (tertiary/aromatic N) is 5. The molecule has 0 spiro atoms. The number of hydrogen-bond donors (Lipinski definition) is 0. The molecule has 146 valence electrons. The van der Waals surface area contributed by atoms with Crippen molar-refractivity contribution in [3.05, 3.63) is 69.4 Å². The van der Waals surface area contributed by atoms with Crippen molar-refractivity contribution < 1.29 is 14.0 Å². The third-order valence-corrected chi connectivity index (χ3v) is 4.29. The predicted molar refractivity (Wildman–Crippen MR) is 101 cm³/mol. The van der Waals surface area contributed by atoms with Gasteiger partial charge in [-0.05, 0) is 54.1 Å². The van der Waals surface area contributed by atoms with Crippen LogP contribution in [0.5, 0.6) is 5.75 Å². The maximum absolute atomic E-state index is 14.4. The number of hydrogen-bond acceptors (Lipinski definition) is 6. The predicted octanol–water partition coefficient (Wildman–Crippen LogP) is 2.36. The van der Waals surface area contributed by atoms with Gasteiger partial charge in [-0.25, -0.2) is 9.18 Å². The molecule has 0 aliphatic carbocycles. The van der Waals surface area contributed by atoms with Crippen LogP contribution < -0.4 is 10.4 Å². The molecule has 8 nitrogen and oxygen atoms in total. The van der Waals surface area contributed by atoms with Crippen LogP contribution in [0, 0.1) is 12.7 Å². The summed E-state index contributed by atoms with van der Waals surface area (Å²) in [4.78, 5) is 16.9. The molecule has 0 aliphatic rings. The SMILES string of the molecule is CO/N=C(/C)c1ccc(OCc2c(C)cccc2-n2nnn(C)c2=O)c(F)c1. The van der Waals surface area contributed by atoms with E-state index in [1.807, 2.05) is 19.1 Å². The minimum Gasteiger partial charge on any atom is -0.486 e. The van der Waals surface area contributed by atoms with Crippen LogP contribution in [-0.4, -0.2) is 32.6 Å². The van der Waals surface area contributed by atoms with Crippen LogP contribution in [0.25, 0.3) is 5.69 Å². The molecule has 3 rings (SSSR count). The molecule has 0 bridgehead atoms. The monoisotopic (exact) mass is 385 g/mol. The van der Waals surface area contributed by atoms with Crippen molar-refractivity contribution in [2.24, 2.45) is 12.2 Å². The smallest absolute Gasteiger partial charge is 0.368 e. The largest absolute Gasteiger partial charge is 0.486 e. The van der Waals surface area contributed by atoms with Gasteiger partial charge in [-0.2, -0.15) is 9.36 Å². The fraction of sp³-hybridized carbons (Fsp3) is 0.263. The van der Waals surface area contributed by atoms with E-state index in [-0.39, 0.29) is 18.0 Å². The molecular weight excluding hydrogens is 365 g/mol. The standard InChI is InChI=1S/C19H20FN5O3/c1-12-6-5-7-17(25-19(26)24(3)22-23-25)15(12)11-28-18-9-8-14(10-16(18)20)13(2)21-27-4/h5-10H,11H2,1-4H3/b21-13-. The zero-order chi connectivity index (χ0) is 20.3. The maximum Gasteiger partial charge on any atom is 0.368 e. The molecule has 0 saturated carbocycles. The lowest BCUT2D eigenvalue weighted by Crippen LogP contribution is -2.23. The second kappa shape index (κ2) is 8.03. The lowest BCUT2D eigenvalue weighted by molar-refractivity contribution is 0.213. The van der Waals surface area contributed by atoms with E-state index in [1.54, 1.807) is 19.1 Å². The Morgan fingerprint density at radius 2 is 2.04 bits per heavy atom. The Hall–Kier alpha value is -3.49. The lowest BCUT2D eigenvalue weighted by atomic mass is 10.1. The fourth-order valence-corrected chi connectivity index (χ4v) is 2.72. The first-order valence-electron chi connectivity index (χ1n) is 8.50. The molecule has 0 amide bonds.